The molecule has 0 bridgehead atoms. The third kappa shape index (κ3) is 4.78. The minimum atomic E-state index is 0.956. The molecule has 1 aromatic rings. The number of benzene rings is 1. The van der Waals surface area contributed by atoms with Crippen LogP contribution in [-0.2, 0) is 13.0 Å². The lowest BCUT2D eigenvalue weighted by atomic mass is 10.1. The number of hydrogen-bond donors (Lipinski definition) is 1. The molecule has 4 heteroatoms. The monoisotopic (exact) mass is 277 g/mol. The first kappa shape index (κ1) is 15.3. The highest BCUT2D eigenvalue weighted by Gasteiger charge is 2.10. The lowest BCUT2D eigenvalue weighted by Gasteiger charge is -2.27. The predicted molar refractivity (Wildman–Crippen MR) is 83.4 cm³/mol. The van der Waals surface area contributed by atoms with Crippen molar-refractivity contribution in [3.05, 3.63) is 29.3 Å². The van der Waals surface area contributed by atoms with Gasteiger partial charge in [0.15, 0.2) is 0 Å². The molecule has 1 aliphatic heterocycles. The van der Waals surface area contributed by atoms with Crippen LogP contribution in [0.5, 0.6) is 5.75 Å². The molecule has 0 aromatic heterocycles. The lowest BCUT2D eigenvalue weighted by Crippen LogP contribution is -2.44. The van der Waals surface area contributed by atoms with Crippen LogP contribution < -0.4 is 10.1 Å². The molecule has 4 nitrogen and oxygen atoms in total. The Balaban J connectivity index is 1.98. The first-order valence-corrected chi connectivity index (χ1v) is 7.42. The van der Waals surface area contributed by atoms with Gasteiger partial charge in [-0.25, -0.2) is 0 Å². The van der Waals surface area contributed by atoms with Gasteiger partial charge in [-0.15, -0.1) is 0 Å². The molecule has 0 aliphatic carbocycles. The van der Waals surface area contributed by atoms with E-state index in [1.165, 1.54) is 11.1 Å². The van der Waals surface area contributed by atoms with Crippen molar-refractivity contribution in [1.29, 1.82) is 0 Å². The molecule has 1 aliphatic rings. The summed E-state index contributed by atoms with van der Waals surface area (Å²) in [6.45, 7) is 6.64. The third-order valence-electron chi connectivity index (χ3n) is 3.69. The molecule has 0 atom stereocenters. The second-order valence-corrected chi connectivity index (χ2v) is 5.77. The van der Waals surface area contributed by atoms with Crippen molar-refractivity contribution in [3.63, 3.8) is 0 Å². The van der Waals surface area contributed by atoms with Gasteiger partial charge in [-0.1, -0.05) is 6.07 Å². The molecular weight excluding hydrogens is 250 g/mol. The fraction of sp³-hybridized carbons (Fsp3) is 0.625. The highest BCUT2D eigenvalue weighted by Crippen LogP contribution is 2.18. The van der Waals surface area contributed by atoms with Crippen molar-refractivity contribution in [3.8, 4) is 5.75 Å². The number of ether oxygens (including phenoxy) is 1. The lowest BCUT2D eigenvalue weighted by molar-refractivity contribution is 0.244. The van der Waals surface area contributed by atoms with Crippen molar-refractivity contribution in [2.45, 2.75) is 13.0 Å². The van der Waals surface area contributed by atoms with Gasteiger partial charge in [-0.3, -0.25) is 0 Å². The van der Waals surface area contributed by atoms with Gasteiger partial charge >= 0.3 is 0 Å². The summed E-state index contributed by atoms with van der Waals surface area (Å²) in [5.41, 5.74) is 2.70. The second-order valence-electron chi connectivity index (χ2n) is 5.77. The summed E-state index contributed by atoms with van der Waals surface area (Å²) in [4.78, 5) is 4.72. The van der Waals surface area contributed by atoms with E-state index in [4.69, 9.17) is 4.74 Å². The number of nitrogens with one attached hydrogen (secondary N) is 1. The zero-order valence-electron chi connectivity index (χ0n) is 13.0. The predicted octanol–water partition coefficient (Wildman–Crippen LogP) is 1.20. The van der Waals surface area contributed by atoms with E-state index >= 15 is 0 Å². The van der Waals surface area contributed by atoms with Gasteiger partial charge in [-0.05, 0) is 43.8 Å². The molecule has 112 valence electrons. The van der Waals surface area contributed by atoms with E-state index in [0.29, 0.717) is 0 Å². The third-order valence-corrected chi connectivity index (χ3v) is 3.69. The standard InChI is InChI=1S/C16H27N3O/c1-18(2)13-15-10-14(11-16(12-15)20-3)4-7-19-8-5-17-6-9-19/h10-12,17H,4-9,13H2,1-3H3. The summed E-state index contributed by atoms with van der Waals surface area (Å²) < 4.78 is 5.43. The summed E-state index contributed by atoms with van der Waals surface area (Å²) in [7, 11) is 5.94. The molecule has 20 heavy (non-hydrogen) atoms. The topological polar surface area (TPSA) is 27.7 Å². The van der Waals surface area contributed by atoms with Crippen molar-refractivity contribution in [2.75, 3.05) is 53.9 Å². The van der Waals surface area contributed by atoms with Crippen LogP contribution in [0.2, 0.25) is 0 Å². The van der Waals surface area contributed by atoms with E-state index in [-0.39, 0.29) is 0 Å². The summed E-state index contributed by atoms with van der Waals surface area (Å²) in [5, 5.41) is 3.39. The Kier molecular flexibility index (Phi) is 5.83. The average molecular weight is 277 g/mol. The summed E-state index contributed by atoms with van der Waals surface area (Å²) in [6.07, 6.45) is 1.09. The maximum atomic E-state index is 5.43. The molecule has 0 unspecified atom stereocenters. The molecule has 0 radical (unpaired) electrons. The number of methoxy groups -OCH3 is 1. The van der Waals surface area contributed by atoms with E-state index in [1.807, 2.05) is 0 Å². The number of hydrogen-bond acceptors (Lipinski definition) is 4. The number of nitrogens with zero attached hydrogens (tertiary/aromatic N) is 2. The van der Waals surface area contributed by atoms with Gasteiger partial charge in [0.05, 0.1) is 7.11 Å². The Morgan fingerprint density at radius 3 is 2.50 bits per heavy atom. The molecule has 2 rings (SSSR count). The molecule has 1 fully saturated rings. The molecular formula is C16H27N3O. The molecule has 0 saturated carbocycles. The van der Waals surface area contributed by atoms with Crippen LogP contribution in [0.4, 0.5) is 0 Å². The molecule has 1 saturated heterocycles. The Bertz CT molecular complexity index is 414. The van der Waals surface area contributed by atoms with Crippen LogP contribution >= 0.6 is 0 Å². The molecule has 1 heterocycles. The van der Waals surface area contributed by atoms with Crippen molar-refractivity contribution in [1.82, 2.24) is 15.1 Å². The Labute approximate surface area is 122 Å². The Morgan fingerprint density at radius 1 is 1.15 bits per heavy atom. The summed E-state index contributed by atoms with van der Waals surface area (Å²) in [5.74, 6) is 0.972. The number of rotatable bonds is 6. The highest BCUT2D eigenvalue weighted by molar-refractivity contribution is 5.34. The van der Waals surface area contributed by atoms with E-state index < -0.39 is 0 Å². The van der Waals surface area contributed by atoms with Gasteiger partial charge in [0, 0.05) is 39.3 Å². The molecule has 0 amide bonds. The highest BCUT2D eigenvalue weighted by atomic mass is 16.5. The van der Waals surface area contributed by atoms with Gasteiger partial charge in [0.1, 0.15) is 5.75 Å². The Hall–Kier alpha value is -1.10. The van der Waals surface area contributed by atoms with Crippen LogP contribution in [0.3, 0.4) is 0 Å². The zero-order valence-corrected chi connectivity index (χ0v) is 13.0. The van der Waals surface area contributed by atoms with Crippen molar-refractivity contribution >= 4 is 0 Å². The van der Waals surface area contributed by atoms with E-state index in [9.17, 15) is 0 Å². The SMILES string of the molecule is COc1cc(CCN2CCNCC2)cc(CN(C)C)c1. The van der Waals surface area contributed by atoms with E-state index in [1.54, 1.807) is 7.11 Å². The number of piperazine rings is 1. The van der Waals surface area contributed by atoms with Crippen LogP contribution in [0.15, 0.2) is 18.2 Å². The summed E-state index contributed by atoms with van der Waals surface area (Å²) in [6, 6.07) is 6.61. The van der Waals surface area contributed by atoms with Gasteiger partial charge in [0.2, 0.25) is 0 Å². The van der Waals surface area contributed by atoms with Crippen molar-refractivity contribution < 1.29 is 4.74 Å². The fourth-order valence-electron chi connectivity index (χ4n) is 2.67. The minimum Gasteiger partial charge on any atom is -0.497 e. The van der Waals surface area contributed by atoms with E-state index in [2.05, 4.69) is 47.4 Å². The van der Waals surface area contributed by atoms with Gasteiger partial charge in [0.25, 0.3) is 0 Å². The minimum absolute atomic E-state index is 0.956. The van der Waals surface area contributed by atoms with E-state index in [0.717, 1.165) is 51.4 Å². The first-order valence-electron chi connectivity index (χ1n) is 7.42. The average Bonchev–Trinajstić information content (AvgIpc) is 2.45. The molecule has 1 N–H and O–H groups in total. The zero-order chi connectivity index (χ0) is 14.4. The maximum Gasteiger partial charge on any atom is 0.119 e. The molecule has 1 aromatic carbocycles. The smallest absolute Gasteiger partial charge is 0.119 e. The van der Waals surface area contributed by atoms with Crippen LogP contribution in [-0.4, -0.2) is 63.7 Å². The normalized spacial score (nSPS) is 16.6. The first-order chi connectivity index (χ1) is 9.67. The van der Waals surface area contributed by atoms with Crippen LogP contribution in [0, 0.1) is 0 Å². The van der Waals surface area contributed by atoms with Gasteiger partial charge < -0.3 is 19.9 Å². The molecule has 0 spiro atoms. The Morgan fingerprint density at radius 2 is 1.85 bits per heavy atom. The maximum absolute atomic E-state index is 5.43. The summed E-state index contributed by atoms with van der Waals surface area (Å²) >= 11 is 0. The van der Waals surface area contributed by atoms with Crippen molar-refractivity contribution in [2.24, 2.45) is 0 Å². The fourth-order valence-corrected chi connectivity index (χ4v) is 2.67. The quantitative estimate of drug-likeness (QED) is 0.846. The van der Waals surface area contributed by atoms with Crippen LogP contribution in [0.1, 0.15) is 11.1 Å². The second kappa shape index (κ2) is 7.62. The van der Waals surface area contributed by atoms with Gasteiger partial charge in [-0.2, -0.15) is 0 Å². The largest absolute Gasteiger partial charge is 0.497 e. The van der Waals surface area contributed by atoms with Crippen LogP contribution in [0.25, 0.3) is 0 Å².